The summed E-state index contributed by atoms with van der Waals surface area (Å²) in [6.07, 6.45) is 8.93. The number of hydrogen-bond acceptors (Lipinski definition) is 3. The van der Waals surface area contributed by atoms with E-state index in [4.69, 9.17) is 5.73 Å². The first kappa shape index (κ1) is 14.3. The van der Waals surface area contributed by atoms with Gasteiger partial charge in [-0.15, -0.1) is 0 Å². The maximum atomic E-state index is 6.08. The van der Waals surface area contributed by atoms with E-state index in [9.17, 15) is 0 Å². The van der Waals surface area contributed by atoms with Crippen molar-refractivity contribution in [1.29, 1.82) is 0 Å². The van der Waals surface area contributed by atoms with E-state index in [-0.39, 0.29) is 0 Å². The Morgan fingerprint density at radius 2 is 1.95 bits per heavy atom. The van der Waals surface area contributed by atoms with Gasteiger partial charge in [0.1, 0.15) is 0 Å². The molecule has 2 N–H and O–H groups in total. The third-order valence-electron chi connectivity index (χ3n) is 4.39. The van der Waals surface area contributed by atoms with Crippen molar-refractivity contribution in [3.63, 3.8) is 0 Å². The maximum Gasteiger partial charge on any atom is 0.0593 e. The van der Waals surface area contributed by atoms with Gasteiger partial charge in [0, 0.05) is 25.0 Å². The van der Waals surface area contributed by atoms with Crippen molar-refractivity contribution >= 4 is 5.69 Å². The zero-order chi connectivity index (χ0) is 13.8. The van der Waals surface area contributed by atoms with Gasteiger partial charge >= 0.3 is 0 Å². The van der Waals surface area contributed by atoms with E-state index in [0.717, 1.165) is 35.0 Å². The van der Waals surface area contributed by atoms with Gasteiger partial charge in [0.25, 0.3) is 0 Å². The number of nitrogens with zero attached hydrogens (tertiary/aromatic N) is 2. The minimum atomic E-state index is 0.877. The molecule has 2 rings (SSSR count). The molecule has 0 amide bonds. The molecule has 1 aromatic rings. The second-order valence-electron chi connectivity index (χ2n) is 6.13. The van der Waals surface area contributed by atoms with Crippen LogP contribution in [0.2, 0.25) is 0 Å². The van der Waals surface area contributed by atoms with E-state index < -0.39 is 0 Å². The highest BCUT2D eigenvalue weighted by Gasteiger charge is 2.16. The Hall–Kier alpha value is -1.09. The number of hydrogen-bond donors (Lipinski definition) is 1. The molecule has 3 heteroatoms. The lowest BCUT2D eigenvalue weighted by Gasteiger charge is -2.27. The molecule has 0 atom stereocenters. The van der Waals surface area contributed by atoms with E-state index in [1.165, 1.54) is 38.6 Å². The molecule has 0 spiro atoms. The molecular weight excluding hydrogens is 234 g/mol. The van der Waals surface area contributed by atoms with Gasteiger partial charge in [0.15, 0.2) is 0 Å². The fraction of sp³-hybridized carbons (Fsp3) is 0.688. The van der Waals surface area contributed by atoms with Gasteiger partial charge in [0.2, 0.25) is 0 Å². The molecule has 106 valence electrons. The van der Waals surface area contributed by atoms with Crippen molar-refractivity contribution in [2.24, 2.45) is 5.92 Å². The second-order valence-corrected chi connectivity index (χ2v) is 6.13. The fourth-order valence-electron chi connectivity index (χ4n) is 3.08. The van der Waals surface area contributed by atoms with Crippen LogP contribution in [0.3, 0.4) is 0 Å². The number of aromatic nitrogens is 1. The number of rotatable bonds is 4. The van der Waals surface area contributed by atoms with Crippen LogP contribution in [0.25, 0.3) is 0 Å². The average Bonchev–Trinajstić information content (AvgIpc) is 2.41. The van der Waals surface area contributed by atoms with Gasteiger partial charge in [-0.1, -0.05) is 19.3 Å². The van der Waals surface area contributed by atoms with Gasteiger partial charge in [-0.2, -0.15) is 0 Å². The van der Waals surface area contributed by atoms with E-state index in [2.05, 4.69) is 23.9 Å². The molecule has 1 aromatic heterocycles. The third kappa shape index (κ3) is 3.69. The van der Waals surface area contributed by atoms with Crippen LogP contribution in [-0.2, 0) is 6.54 Å². The van der Waals surface area contributed by atoms with Gasteiger partial charge in [-0.3, -0.25) is 4.98 Å². The number of aryl methyl sites for hydroxylation is 1. The molecule has 1 fully saturated rings. The highest BCUT2D eigenvalue weighted by molar-refractivity contribution is 5.53. The lowest BCUT2D eigenvalue weighted by molar-refractivity contribution is 0.226. The van der Waals surface area contributed by atoms with Crippen molar-refractivity contribution in [3.8, 4) is 0 Å². The summed E-state index contributed by atoms with van der Waals surface area (Å²) in [5, 5.41) is 0. The van der Waals surface area contributed by atoms with Crippen LogP contribution < -0.4 is 5.73 Å². The predicted octanol–water partition coefficient (Wildman–Crippen LogP) is 3.29. The normalized spacial score (nSPS) is 17.1. The first-order valence-corrected chi connectivity index (χ1v) is 7.47. The Morgan fingerprint density at radius 1 is 1.26 bits per heavy atom. The summed E-state index contributed by atoms with van der Waals surface area (Å²) in [5.74, 6) is 0.877. The number of pyridine rings is 1. The maximum absolute atomic E-state index is 6.08. The molecule has 0 radical (unpaired) electrons. The molecule has 3 nitrogen and oxygen atoms in total. The first-order chi connectivity index (χ1) is 9.08. The molecule has 0 saturated heterocycles. The fourth-order valence-corrected chi connectivity index (χ4v) is 3.08. The highest BCUT2D eigenvalue weighted by atomic mass is 15.1. The van der Waals surface area contributed by atoms with Gasteiger partial charge in [-0.25, -0.2) is 0 Å². The van der Waals surface area contributed by atoms with Crippen LogP contribution >= 0.6 is 0 Å². The lowest BCUT2D eigenvalue weighted by atomic mass is 9.89. The van der Waals surface area contributed by atoms with Crippen molar-refractivity contribution in [2.45, 2.75) is 52.5 Å². The Balaban J connectivity index is 1.94. The third-order valence-corrected chi connectivity index (χ3v) is 4.39. The molecule has 1 aliphatic rings. The molecule has 19 heavy (non-hydrogen) atoms. The lowest BCUT2D eigenvalue weighted by Crippen LogP contribution is -2.27. The quantitative estimate of drug-likeness (QED) is 0.904. The van der Waals surface area contributed by atoms with Crippen molar-refractivity contribution < 1.29 is 0 Å². The van der Waals surface area contributed by atoms with E-state index >= 15 is 0 Å². The Kier molecular flexibility index (Phi) is 4.81. The van der Waals surface area contributed by atoms with Crippen LogP contribution in [0, 0.1) is 19.8 Å². The molecule has 0 unspecified atom stereocenters. The summed E-state index contributed by atoms with van der Waals surface area (Å²) < 4.78 is 0. The summed E-state index contributed by atoms with van der Waals surface area (Å²) in [6.45, 7) is 6.20. The van der Waals surface area contributed by atoms with Gasteiger partial charge in [0.05, 0.1) is 5.69 Å². The summed E-state index contributed by atoms with van der Waals surface area (Å²) in [6, 6.07) is 0. The highest BCUT2D eigenvalue weighted by Crippen LogP contribution is 2.25. The summed E-state index contributed by atoms with van der Waals surface area (Å²) in [4.78, 5) is 6.95. The van der Waals surface area contributed by atoms with Crippen LogP contribution in [0.15, 0.2) is 6.20 Å². The average molecular weight is 261 g/mol. The zero-order valence-electron chi connectivity index (χ0n) is 12.6. The van der Waals surface area contributed by atoms with Crippen LogP contribution in [-0.4, -0.2) is 23.5 Å². The second kappa shape index (κ2) is 6.38. The van der Waals surface area contributed by atoms with E-state index in [1.54, 1.807) is 0 Å². The molecule has 1 heterocycles. The van der Waals surface area contributed by atoms with Crippen molar-refractivity contribution in [2.75, 3.05) is 19.3 Å². The number of nitrogens with two attached hydrogens (primary N) is 1. The van der Waals surface area contributed by atoms with Crippen molar-refractivity contribution in [1.82, 2.24) is 9.88 Å². The summed E-state index contributed by atoms with van der Waals surface area (Å²) in [5.41, 5.74) is 10.3. The monoisotopic (exact) mass is 261 g/mol. The standard InChI is InChI=1S/C16H27N3/c1-12-9-18-15(13(2)16(12)17)11-19(3)10-14-7-5-4-6-8-14/h9,14H,4-8,10-11H2,1-3H3,(H2,17,18). The molecule has 0 aliphatic heterocycles. The summed E-state index contributed by atoms with van der Waals surface area (Å²) >= 11 is 0. The minimum absolute atomic E-state index is 0.877. The topological polar surface area (TPSA) is 42.2 Å². The predicted molar refractivity (Wildman–Crippen MR) is 81.0 cm³/mol. The Bertz CT molecular complexity index is 422. The van der Waals surface area contributed by atoms with Crippen molar-refractivity contribution in [3.05, 3.63) is 23.0 Å². The molecular formula is C16H27N3. The smallest absolute Gasteiger partial charge is 0.0593 e. The minimum Gasteiger partial charge on any atom is -0.398 e. The largest absolute Gasteiger partial charge is 0.398 e. The molecule has 0 aromatic carbocycles. The number of nitrogen functional groups attached to an aromatic ring is 1. The molecule has 1 saturated carbocycles. The first-order valence-electron chi connectivity index (χ1n) is 7.47. The Labute approximate surface area is 117 Å². The van der Waals surface area contributed by atoms with E-state index in [1.807, 2.05) is 13.1 Å². The van der Waals surface area contributed by atoms with Crippen LogP contribution in [0.5, 0.6) is 0 Å². The van der Waals surface area contributed by atoms with Gasteiger partial charge in [-0.05, 0) is 50.8 Å². The summed E-state index contributed by atoms with van der Waals surface area (Å²) in [7, 11) is 2.20. The van der Waals surface area contributed by atoms with E-state index in [0.29, 0.717) is 0 Å². The molecule has 0 bridgehead atoms. The SMILES string of the molecule is Cc1cnc(CN(C)CC2CCCCC2)c(C)c1N. The number of anilines is 1. The van der Waals surface area contributed by atoms with Gasteiger partial charge < -0.3 is 10.6 Å². The zero-order valence-corrected chi connectivity index (χ0v) is 12.6. The van der Waals surface area contributed by atoms with Crippen LogP contribution in [0.4, 0.5) is 5.69 Å². The van der Waals surface area contributed by atoms with Crippen LogP contribution in [0.1, 0.15) is 48.9 Å². The Morgan fingerprint density at radius 3 is 2.63 bits per heavy atom. The molecule has 1 aliphatic carbocycles.